The highest BCUT2D eigenvalue weighted by atomic mass is 19.1. The van der Waals surface area contributed by atoms with E-state index in [1.165, 1.54) is 25.0 Å². The van der Waals surface area contributed by atoms with Crippen molar-refractivity contribution in [3.63, 3.8) is 0 Å². The Balaban J connectivity index is 1.36. The first-order valence-corrected chi connectivity index (χ1v) is 12.4. The number of halogens is 1. The molecule has 0 aliphatic carbocycles. The van der Waals surface area contributed by atoms with Crippen LogP contribution in [-0.2, 0) is 6.42 Å². The van der Waals surface area contributed by atoms with E-state index >= 15 is 0 Å². The van der Waals surface area contributed by atoms with E-state index in [0.717, 1.165) is 49.7 Å². The molecule has 34 heavy (non-hydrogen) atoms. The molecule has 2 aromatic rings. The van der Waals surface area contributed by atoms with Crippen molar-refractivity contribution in [1.29, 1.82) is 0 Å². The van der Waals surface area contributed by atoms with E-state index in [1.54, 1.807) is 12.1 Å². The van der Waals surface area contributed by atoms with Crippen LogP contribution in [0.4, 0.5) is 10.1 Å². The number of rotatable bonds is 8. The number of anilines is 1. The number of benzene rings is 2. The smallest absolute Gasteiger partial charge is 0.251 e. The van der Waals surface area contributed by atoms with Gasteiger partial charge in [-0.25, -0.2) is 4.39 Å². The molecular weight excluding hydrogens is 429 g/mol. The first kappa shape index (κ1) is 24.2. The molecule has 0 saturated carbocycles. The summed E-state index contributed by atoms with van der Waals surface area (Å²) in [6, 6.07) is 14.8. The van der Waals surface area contributed by atoms with Crippen LogP contribution in [0, 0.1) is 5.82 Å². The predicted octanol–water partition coefficient (Wildman–Crippen LogP) is 3.49. The van der Waals surface area contributed by atoms with Gasteiger partial charge in [-0.05, 0) is 80.8 Å². The van der Waals surface area contributed by atoms with Crippen LogP contribution in [0.1, 0.15) is 42.1 Å². The van der Waals surface area contributed by atoms with E-state index in [-0.39, 0.29) is 11.7 Å². The lowest BCUT2D eigenvalue weighted by Crippen LogP contribution is -2.50. The molecule has 0 spiro atoms. The fourth-order valence-electron chi connectivity index (χ4n) is 4.52. The van der Waals surface area contributed by atoms with Crippen LogP contribution in [0.3, 0.4) is 0 Å². The zero-order chi connectivity index (χ0) is 23.8. The Morgan fingerprint density at radius 3 is 2.59 bits per heavy atom. The molecule has 1 amide bonds. The zero-order valence-corrected chi connectivity index (χ0v) is 19.9. The molecule has 2 aliphatic rings. The molecule has 7 heteroatoms. The quantitative estimate of drug-likeness (QED) is 0.481. The molecule has 2 heterocycles. The minimum atomic E-state index is -0.249. The maximum Gasteiger partial charge on any atom is 0.251 e. The number of carbonyl (C=O) groups excluding carboxylic acids is 1. The predicted molar refractivity (Wildman–Crippen MR) is 135 cm³/mol. The standard InChI is InChI=1S/C27H36FN5O/c1-20-19-33(17-16-29-20)26(18-25-4-2-3-14-30-25)32-24-11-7-22(8-12-24)27(34)31-15-13-21-5-9-23(28)10-6-21/h5-12,18,20,25,29-30,32H,2-4,13-17,19H2,1H3,(H,31,34)/t20-,25?/m0/s1. The number of nitrogens with zero attached hydrogens (tertiary/aromatic N) is 1. The van der Waals surface area contributed by atoms with Crippen molar-refractivity contribution in [2.75, 3.05) is 38.0 Å². The average molecular weight is 466 g/mol. The molecule has 0 bridgehead atoms. The molecule has 2 atom stereocenters. The van der Waals surface area contributed by atoms with E-state index in [1.807, 2.05) is 24.3 Å². The van der Waals surface area contributed by atoms with Gasteiger partial charge in [0.05, 0.1) is 0 Å². The normalized spacial score (nSPS) is 21.2. The Morgan fingerprint density at radius 2 is 1.88 bits per heavy atom. The number of carbonyl (C=O) groups is 1. The van der Waals surface area contributed by atoms with Crippen LogP contribution < -0.4 is 21.3 Å². The van der Waals surface area contributed by atoms with E-state index in [2.05, 4.69) is 39.2 Å². The summed E-state index contributed by atoms with van der Waals surface area (Å²) >= 11 is 0. The van der Waals surface area contributed by atoms with Crippen molar-refractivity contribution in [2.24, 2.45) is 0 Å². The van der Waals surface area contributed by atoms with Gasteiger partial charge in [0.25, 0.3) is 5.91 Å². The summed E-state index contributed by atoms with van der Waals surface area (Å²) in [5, 5.41) is 13.7. The first-order valence-electron chi connectivity index (χ1n) is 12.4. The second kappa shape index (κ2) is 12.0. The summed E-state index contributed by atoms with van der Waals surface area (Å²) in [6.07, 6.45) is 6.64. The minimum absolute atomic E-state index is 0.105. The largest absolute Gasteiger partial charge is 0.356 e. The number of nitrogens with one attached hydrogen (secondary N) is 4. The number of piperazine rings is 1. The van der Waals surface area contributed by atoms with Gasteiger partial charge < -0.3 is 26.2 Å². The summed E-state index contributed by atoms with van der Waals surface area (Å²) in [5.41, 5.74) is 2.59. The molecule has 2 aromatic carbocycles. The van der Waals surface area contributed by atoms with Gasteiger partial charge in [0, 0.05) is 49.5 Å². The Morgan fingerprint density at radius 1 is 1.09 bits per heavy atom. The number of hydrogen-bond acceptors (Lipinski definition) is 5. The van der Waals surface area contributed by atoms with E-state index in [4.69, 9.17) is 0 Å². The minimum Gasteiger partial charge on any atom is -0.356 e. The highest BCUT2D eigenvalue weighted by Gasteiger charge is 2.20. The molecule has 0 aromatic heterocycles. The molecule has 4 N–H and O–H groups in total. The van der Waals surface area contributed by atoms with Gasteiger partial charge >= 0.3 is 0 Å². The third-order valence-corrected chi connectivity index (χ3v) is 6.45. The van der Waals surface area contributed by atoms with Crippen LogP contribution >= 0.6 is 0 Å². The molecular formula is C27H36FN5O. The van der Waals surface area contributed by atoms with Crippen LogP contribution in [0.15, 0.2) is 60.4 Å². The summed E-state index contributed by atoms with van der Waals surface area (Å²) in [6.45, 7) is 6.68. The van der Waals surface area contributed by atoms with Gasteiger partial charge in [-0.3, -0.25) is 4.79 Å². The summed E-state index contributed by atoms with van der Waals surface area (Å²) < 4.78 is 13.0. The van der Waals surface area contributed by atoms with Crippen molar-refractivity contribution in [3.05, 3.63) is 77.4 Å². The van der Waals surface area contributed by atoms with Crippen molar-refractivity contribution in [1.82, 2.24) is 20.9 Å². The molecule has 2 aliphatic heterocycles. The lowest BCUT2D eigenvalue weighted by molar-refractivity contribution is 0.0954. The van der Waals surface area contributed by atoms with Crippen molar-refractivity contribution in [2.45, 2.75) is 44.7 Å². The second-order valence-electron chi connectivity index (χ2n) is 9.24. The summed E-state index contributed by atoms with van der Waals surface area (Å²) in [5.74, 6) is 0.775. The highest BCUT2D eigenvalue weighted by Crippen LogP contribution is 2.18. The third kappa shape index (κ3) is 7.05. The van der Waals surface area contributed by atoms with Crippen molar-refractivity contribution in [3.8, 4) is 0 Å². The Kier molecular flexibility index (Phi) is 8.55. The molecule has 2 fully saturated rings. The molecule has 1 unspecified atom stereocenters. The van der Waals surface area contributed by atoms with Gasteiger partial charge in [0.15, 0.2) is 0 Å². The third-order valence-electron chi connectivity index (χ3n) is 6.45. The first-order chi connectivity index (χ1) is 16.6. The molecule has 0 radical (unpaired) electrons. The van der Waals surface area contributed by atoms with Crippen LogP contribution in [0.5, 0.6) is 0 Å². The second-order valence-corrected chi connectivity index (χ2v) is 9.24. The lowest BCUT2D eigenvalue weighted by atomic mass is 10.0. The van der Waals surface area contributed by atoms with Crippen LogP contribution in [-0.4, -0.2) is 55.6 Å². The average Bonchev–Trinajstić information content (AvgIpc) is 2.86. The number of hydrogen-bond donors (Lipinski definition) is 4. The van der Waals surface area contributed by atoms with Gasteiger partial charge in [-0.15, -0.1) is 0 Å². The molecule has 182 valence electrons. The molecule has 6 nitrogen and oxygen atoms in total. The summed E-state index contributed by atoms with van der Waals surface area (Å²) in [7, 11) is 0. The van der Waals surface area contributed by atoms with E-state index in [0.29, 0.717) is 30.6 Å². The number of amides is 1. The maximum absolute atomic E-state index is 13.0. The van der Waals surface area contributed by atoms with Crippen LogP contribution in [0.25, 0.3) is 0 Å². The van der Waals surface area contributed by atoms with Gasteiger partial charge in [-0.2, -0.15) is 0 Å². The molecule has 2 saturated heterocycles. The monoisotopic (exact) mass is 465 g/mol. The van der Waals surface area contributed by atoms with Crippen molar-refractivity contribution >= 4 is 11.6 Å². The Bertz CT molecular complexity index is 954. The van der Waals surface area contributed by atoms with Crippen molar-refractivity contribution < 1.29 is 9.18 Å². The Labute approximate surface area is 202 Å². The fourth-order valence-corrected chi connectivity index (χ4v) is 4.52. The summed E-state index contributed by atoms with van der Waals surface area (Å²) in [4.78, 5) is 15.0. The lowest BCUT2D eigenvalue weighted by Gasteiger charge is -2.36. The fraction of sp³-hybridized carbons (Fsp3) is 0.444. The highest BCUT2D eigenvalue weighted by molar-refractivity contribution is 5.94. The van der Waals surface area contributed by atoms with Gasteiger partial charge in [0.2, 0.25) is 0 Å². The number of piperidine rings is 1. The van der Waals surface area contributed by atoms with Gasteiger partial charge in [-0.1, -0.05) is 18.6 Å². The SMILES string of the molecule is C[C@H]1CN(C(=CC2CCCCN2)Nc2ccc(C(=O)NCCc3ccc(F)cc3)cc2)CCN1. The van der Waals surface area contributed by atoms with E-state index in [9.17, 15) is 9.18 Å². The topological polar surface area (TPSA) is 68.4 Å². The Hall–Kier alpha value is -2.90. The van der Waals surface area contributed by atoms with E-state index < -0.39 is 0 Å². The molecule has 4 rings (SSSR count). The zero-order valence-electron chi connectivity index (χ0n) is 19.9. The maximum atomic E-state index is 13.0. The van der Waals surface area contributed by atoms with Gasteiger partial charge in [0.1, 0.15) is 11.6 Å². The van der Waals surface area contributed by atoms with Crippen LogP contribution in [0.2, 0.25) is 0 Å².